The van der Waals surface area contributed by atoms with Crippen molar-refractivity contribution in [2.75, 3.05) is 19.7 Å². The predicted molar refractivity (Wildman–Crippen MR) is 71.3 cm³/mol. The van der Waals surface area contributed by atoms with Crippen LogP contribution < -0.4 is 15.4 Å². The highest BCUT2D eigenvalue weighted by molar-refractivity contribution is 9.10. The molecule has 1 rings (SSSR count). The van der Waals surface area contributed by atoms with Gasteiger partial charge in [-0.05, 0) is 18.2 Å². The molecule has 0 aromatic heterocycles. The van der Waals surface area contributed by atoms with Crippen LogP contribution in [0.25, 0.3) is 0 Å². The second-order valence-electron chi connectivity index (χ2n) is 3.70. The topological polar surface area (TPSA) is 67.4 Å². The zero-order valence-electron chi connectivity index (χ0n) is 10.3. The van der Waals surface area contributed by atoms with Crippen molar-refractivity contribution in [3.8, 4) is 5.75 Å². The molecular weight excluding hydrogens is 319 g/mol. The van der Waals surface area contributed by atoms with E-state index in [1.54, 1.807) is 6.07 Å². The Balaban J connectivity index is 2.28. The van der Waals surface area contributed by atoms with Gasteiger partial charge in [-0.25, -0.2) is 4.39 Å². The molecule has 0 spiro atoms. The Bertz CT molecular complexity index is 468. The van der Waals surface area contributed by atoms with Crippen molar-refractivity contribution in [1.82, 2.24) is 10.6 Å². The highest BCUT2D eigenvalue weighted by Gasteiger charge is 2.07. The van der Waals surface area contributed by atoms with Crippen molar-refractivity contribution in [2.24, 2.45) is 0 Å². The SMILES string of the molecule is CC(=O)NCCNC(=O)COc1ccc(Br)cc1F. The highest BCUT2D eigenvalue weighted by atomic mass is 79.9. The molecule has 1 aromatic carbocycles. The molecule has 0 atom stereocenters. The first-order valence-electron chi connectivity index (χ1n) is 5.58. The van der Waals surface area contributed by atoms with Gasteiger partial charge in [0.05, 0.1) is 0 Å². The summed E-state index contributed by atoms with van der Waals surface area (Å²) in [6.45, 7) is 1.75. The molecule has 104 valence electrons. The maximum atomic E-state index is 13.4. The third kappa shape index (κ3) is 6.19. The lowest BCUT2D eigenvalue weighted by atomic mass is 10.3. The third-order valence-corrected chi connectivity index (χ3v) is 2.57. The predicted octanol–water partition coefficient (Wildman–Crippen LogP) is 1.22. The maximum absolute atomic E-state index is 13.4. The first-order chi connectivity index (χ1) is 8.99. The maximum Gasteiger partial charge on any atom is 0.258 e. The van der Waals surface area contributed by atoms with Crippen molar-refractivity contribution in [3.05, 3.63) is 28.5 Å². The fraction of sp³-hybridized carbons (Fsp3) is 0.333. The minimum atomic E-state index is -0.541. The van der Waals surface area contributed by atoms with E-state index in [2.05, 4.69) is 26.6 Å². The molecule has 0 saturated carbocycles. The normalized spacial score (nSPS) is 9.84. The highest BCUT2D eigenvalue weighted by Crippen LogP contribution is 2.21. The number of halogens is 2. The quantitative estimate of drug-likeness (QED) is 0.770. The molecule has 7 heteroatoms. The van der Waals surface area contributed by atoms with Gasteiger partial charge in [0.2, 0.25) is 5.91 Å². The fourth-order valence-corrected chi connectivity index (χ4v) is 1.56. The zero-order chi connectivity index (χ0) is 14.3. The van der Waals surface area contributed by atoms with Gasteiger partial charge in [0, 0.05) is 24.5 Å². The molecule has 0 aliphatic heterocycles. The zero-order valence-corrected chi connectivity index (χ0v) is 11.9. The van der Waals surface area contributed by atoms with Crippen LogP contribution in [0.5, 0.6) is 5.75 Å². The Labute approximate surface area is 118 Å². The van der Waals surface area contributed by atoms with E-state index < -0.39 is 5.82 Å². The van der Waals surface area contributed by atoms with Crippen LogP contribution in [0.3, 0.4) is 0 Å². The number of hydrogen-bond acceptors (Lipinski definition) is 3. The van der Waals surface area contributed by atoms with Crippen LogP contribution in [0.1, 0.15) is 6.92 Å². The van der Waals surface area contributed by atoms with Crippen LogP contribution in [0.2, 0.25) is 0 Å². The van der Waals surface area contributed by atoms with Gasteiger partial charge in [-0.3, -0.25) is 9.59 Å². The summed E-state index contributed by atoms with van der Waals surface area (Å²) in [5.41, 5.74) is 0. The molecule has 0 saturated heterocycles. The van der Waals surface area contributed by atoms with Crippen molar-refractivity contribution >= 4 is 27.7 Å². The molecule has 0 fully saturated rings. The summed E-state index contributed by atoms with van der Waals surface area (Å²) in [6.07, 6.45) is 0. The van der Waals surface area contributed by atoms with Gasteiger partial charge < -0.3 is 15.4 Å². The Morgan fingerprint density at radius 1 is 1.32 bits per heavy atom. The molecule has 0 bridgehead atoms. The van der Waals surface area contributed by atoms with Crippen molar-refractivity contribution in [3.63, 3.8) is 0 Å². The molecule has 0 heterocycles. The van der Waals surface area contributed by atoms with Crippen LogP contribution in [0.4, 0.5) is 4.39 Å². The third-order valence-electron chi connectivity index (χ3n) is 2.07. The smallest absolute Gasteiger partial charge is 0.258 e. The molecule has 0 radical (unpaired) electrons. The molecule has 2 N–H and O–H groups in total. The average molecular weight is 333 g/mol. The number of rotatable bonds is 6. The monoisotopic (exact) mass is 332 g/mol. The Morgan fingerprint density at radius 3 is 2.63 bits per heavy atom. The van der Waals surface area contributed by atoms with Gasteiger partial charge in [-0.15, -0.1) is 0 Å². The molecule has 5 nitrogen and oxygen atoms in total. The molecule has 0 aliphatic carbocycles. The van der Waals surface area contributed by atoms with Crippen LogP contribution in [-0.4, -0.2) is 31.5 Å². The van der Waals surface area contributed by atoms with E-state index in [4.69, 9.17) is 4.74 Å². The van der Waals surface area contributed by atoms with Gasteiger partial charge in [0.15, 0.2) is 18.2 Å². The van der Waals surface area contributed by atoms with Crippen molar-refractivity contribution in [1.29, 1.82) is 0 Å². The molecule has 0 aliphatic rings. The first kappa shape index (κ1) is 15.4. The van der Waals surface area contributed by atoms with Gasteiger partial charge in [0.1, 0.15) is 0 Å². The van der Waals surface area contributed by atoms with E-state index in [0.29, 0.717) is 17.6 Å². The van der Waals surface area contributed by atoms with Crippen LogP contribution in [-0.2, 0) is 9.59 Å². The fourth-order valence-electron chi connectivity index (χ4n) is 1.23. The summed E-state index contributed by atoms with van der Waals surface area (Å²) < 4.78 is 19.0. The largest absolute Gasteiger partial charge is 0.481 e. The minimum Gasteiger partial charge on any atom is -0.481 e. The Morgan fingerprint density at radius 2 is 2.00 bits per heavy atom. The molecular formula is C12H14BrFN2O3. The lowest BCUT2D eigenvalue weighted by molar-refractivity contribution is -0.123. The summed E-state index contributed by atoms with van der Waals surface area (Å²) >= 11 is 3.12. The molecule has 19 heavy (non-hydrogen) atoms. The standard InChI is InChI=1S/C12H14BrFN2O3/c1-8(17)15-4-5-16-12(18)7-19-11-3-2-9(13)6-10(11)14/h2-3,6H,4-5,7H2,1H3,(H,15,17)(H,16,18). The number of nitrogens with one attached hydrogen (secondary N) is 2. The summed E-state index contributed by atoms with van der Waals surface area (Å²) in [7, 11) is 0. The number of carbonyl (C=O) groups is 2. The minimum absolute atomic E-state index is 0.0141. The number of hydrogen-bond donors (Lipinski definition) is 2. The van der Waals surface area contributed by atoms with Gasteiger partial charge in [0.25, 0.3) is 5.91 Å². The van der Waals surface area contributed by atoms with E-state index in [1.807, 2.05) is 0 Å². The Kier molecular flexibility index (Phi) is 6.27. The molecule has 0 unspecified atom stereocenters. The van der Waals surface area contributed by atoms with Crippen LogP contribution in [0, 0.1) is 5.82 Å². The summed E-state index contributed by atoms with van der Waals surface area (Å²) in [5.74, 6) is -1.07. The molecule has 2 amide bonds. The number of amides is 2. The van der Waals surface area contributed by atoms with E-state index in [-0.39, 0.29) is 24.2 Å². The van der Waals surface area contributed by atoms with Crippen LogP contribution in [0.15, 0.2) is 22.7 Å². The Hall–Kier alpha value is -1.63. The first-order valence-corrected chi connectivity index (χ1v) is 6.37. The van der Waals surface area contributed by atoms with Crippen molar-refractivity contribution in [2.45, 2.75) is 6.92 Å². The number of carbonyl (C=O) groups excluding carboxylic acids is 2. The van der Waals surface area contributed by atoms with Crippen molar-refractivity contribution < 1.29 is 18.7 Å². The van der Waals surface area contributed by atoms with E-state index >= 15 is 0 Å². The van der Waals surface area contributed by atoms with Gasteiger partial charge in [-0.1, -0.05) is 15.9 Å². The van der Waals surface area contributed by atoms with E-state index in [0.717, 1.165) is 0 Å². The number of ether oxygens (including phenoxy) is 1. The van der Waals surface area contributed by atoms with Gasteiger partial charge >= 0.3 is 0 Å². The number of benzene rings is 1. The second kappa shape index (κ2) is 7.73. The van der Waals surface area contributed by atoms with E-state index in [1.165, 1.54) is 19.1 Å². The summed E-state index contributed by atoms with van der Waals surface area (Å²) in [5, 5.41) is 5.06. The summed E-state index contributed by atoms with van der Waals surface area (Å²) in [4.78, 5) is 21.9. The second-order valence-corrected chi connectivity index (χ2v) is 4.61. The lowest BCUT2D eigenvalue weighted by Gasteiger charge is -2.08. The van der Waals surface area contributed by atoms with Gasteiger partial charge in [-0.2, -0.15) is 0 Å². The van der Waals surface area contributed by atoms with Crippen LogP contribution >= 0.6 is 15.9 Å². The van der Waals surface area contributed by atoms with E-state index in [9.17, 15) is 14.0 Å². The lowest BCUT2D eigenvalue weighted by Crippen LogP contribution is -2.36. The molecule has 1 aromatic rings. The summed E-state index contributed by atoms with van der Waals surface area (Å²) in [6, 6.07) is 4.31. The average Bonchev–Trinajstić information content (AvgIpc) is 2.33.